The molecule has 21 heavy (non-hydrogen) atoms. The summed E-state index contributed by atoms with van der Waals surface area (Å²) in [6, 6.07) is 2.45. The first-order chi connectivity index (χ1) is 9.98. The zero-order valence-corrected chi connectivity index (χ0v) is 11.2. The summed E-state index contributed by atoms with van der Waals surface area (Å²) in [5.74, 6) is -0.462. The van der Waals surface area contributed by atoms with Gasteiger partial charge in [0.15, 0.2) is 11.4 Å². The lowest BCUT2D eigenvalue weighted by Crippen LogP contribution is -2.36. The molecule has 116 valence electrons. The highest BCUT2D eigenvalue weighted by Gasteiger charge is 2.36. The summed E-state index contributed by atoms with van der Waals surface area (Å²) in [5.41, 5.74) is -1.14. The second-order valence-corrected chi connectivity index (χ2v) is 4.57. The highest BCUT2D eigenvalue weighted by Crippen LogP contribution is 2.34. The van der Waals surface area contributed by atoms with E-state index in [2.05, 4.69) is 4.98 Å². The number of carbonyl (C=O) groups excluding carboxylic acids is 1. The van der Waals surface area contributed by atoms with Crippen molar-refractivity contribution in [3.05, 3.63) is 24.0 Å². The third-order valence-electron chi connectivity index (χ3n) is 3.05. The molecular formula is C13H15F3N2O3. The molecule has 2 heterocycles. The minimum atomic E-state index is -4.62. The average molecular weight is 304 g/mol. The molecule has 1 aliphatic heterocycles. The highest BCUT2D eigenvalue weighted by molar-refractivity contribution is 5.67. The maximum Gasteiger partial charge on any atom is 0.437 e. The van der Waals surface area contributed by atoms with Gasteiger partial charge in [0, 0.05) is 19.3 Å². The van der Waals surface area contributed by atoms with E-state index in [1.807, 2.05) is 0 Å². The van der Waals surface area contributed by atoms with Gasteiger partial charge in [-0.1, -0.05) is 0 Å². The first-order valence-corrected chi connectivity index (χ1v) is 6.55. The number of alkyl halides is 3. The number of amides is 1. The normalized spacial score (nSPS) is 15.7. The van der Waals surface area contributed by atoms with Gasteiger partial charge in [-0.3, -0.25) is 0 Å². The first-order valence-electron chi connectivity index (χ1n) is 6.55. The van der Waals surface area contributed by atoms with Gasteiger partial charge in [-0.25, -0.2) is 9.78 Å². The molecule has 1 fully saturated rings. The van der Waals surface area contributed by atoms with Crippen molar-refractivity contribution in [1.29, 1.82) is 0 Å². The molecule has 0 saturated carbocycles. The number of piperidine rings is 1. The van der Waals surface area contributed by atoms with Crippen molar-refractivity contribution >= 4 is 6.09 Å². The van der Waals surface area contributed by atoms with Crippen LogP contribution in [-0.2, 0) is 10.9 Å². The van der Waals surface area contributed by atoms with Crippen LogP contribution in [0.4, 0.5) is 18.0 Å². The molecule has 1 aliphatic rings. The number of aromatic nitrogens is 1. The van der Waals surface area contributed by atoms with E-state index >= 15 is 0 Å². The van der Waals surface area contributed by atoms with Gasteiger partial charge < -0.3 is 14.4 Å². The summed E-state index contributed by atoms with van der Waals surface area (Å²) in [4.78, 5) is 16.4. The van der Waals surface area contributed by atoms with Crippen LogP contribution in [0.5, 0.6) is 5.75 Å². The van der Waals surface area contributed by atoms with Gasteiger partial charge >= 0.3 is 12.3 Å². The molecule has 5 nitrogen and oxygen atoms in total. The van der Waals surface area contributed by atoms with Gasteiger partial charge in [-0.2, -0.15) is 13.2 Å². The lowest BCUT2D eigenvalue weighted by molar-refractivity contribution is -0.143. The topological polar surface area (TPSA) is 51.7 Å². The third kappa shape index (κ3) is 4.24. The van der Waals surface area contributed by atoms with E-state index in [4.69, 9.17) is 9.47 Å². The van der Waals surface area contributed by atoms with Crippen LogP contribution in [0.15, 0.2) is 18.3 Å². The fourth-order valence-corrected chi connectivity index (χ4v) is 2.03. The summed E-state index contributed by atoms with van der Waals surface area (Å²) in [6.07, 6.45) is -1.31. The standard InChI is InChI=1S/C13H15F3N2O3/c14-13(15,16)11-10(5-4-6-17-11)20-9-21-12(19)18-7-2-1-3-8-18/h4-6H,1-3,7-9H2. The molecule has 1 aromatic rings. The number of likely N-dealkylation sites (tertiary alicyclic amines) is 1. The Morgan fingerprint density at radius 1 is 1.29 bits per heavy atom. The van der Waals surface area contributed by atoms with Crippen LogP contribution in [0.2, 0.25) is 0 Å². The average Bonchev–Trinajstić information content (AvgIpc) is 2.47. The summed E-state index contributed by atoms with van der Waals surface area (Å²) in [5, 5.41) is 0. The van der Waals surface area contributed by atoms with Crippen molar-refractivity contribution in [2.75, 3.05) is 19.9 Å². The van der Waals surface area contributed by atoms with Gasteiger partial charge in [0.25, 0.3) is 0 Å². The molecule has 0 unspecified atom stereocenters. The maximum absolute atomic E-state index is 12.7. The number of pyridine rings is 1. The summed E-state index contributed by atoms with van der Waals surface area (Å²) < 4.78 is 47.7. The fraction of sp³-hybridized carbons (Fsp3) is 0.538. The van der Waals surface area contributed by atoms with Gasteiger partial charge in [-0.15, -0.1) is 0 Å². The van der Waals surface area contributed by atoms with E-state index in [9.17, 15) is 18.0 Å². The molecule has 0 aromatic carbocycles. The van der Waals surface area contributed by atoms with Crippen molar-refractivity contribution in [2.24, 2.45) is 0 Å². The SMILES string of the molecule is O=C(OCOc1cccnc1C(F)(F)F)N1CCCCC1. The molecule has 0 bridgehead atoms. The Hall–Kier alpha value is -1.99. The monoisotopic (exact) mass is 304 g/mol. The highest BCUT2D eigenvalue weighted by atomic mass is 19.4. The van der Waals surface area contributed by atoms with Gasteiger partial charge in [0.05, 0.1) is 0 Å². The molecule has 0 N–H and O–H groups in total. The first kappa shape index (κ1) is 15.4. The number of halogens is 3. The lowest BCUT2D eigenvalue weighted by atomic mass is 10.1. The van der Waals surface area contributed by atoms with Gasteiger partial charge in [0.1, 0.15) is 0 Å². The molecular weight excluding hydrogens is 289 g/mol. The lowest BCUT2D eigenvalue weighted by Gasteiger charge is -2.25. The van der Waals surface area contributed by atoms with Crippen molar-refractivity contribution in [2.45, 2.75) is 25.4 Å². The molecule has 1 saturated heterocycles. The smallest absolute Gasteiger partial charge is 0.437 e. The zero-order valence-electron chi connectivity index (χ0n) is 11.2. The number of hydrogen-bond acceptors (Lipinski definition) is 4. The minimum absolute atomic E-state index is 0.462. The summed E-state index contributed by atoms with van der Waals surface area (Å²) in [6.45, 7) is 0.614. The van der Waals surface area contributed by atoms with Gasteiger partial charge in [0.2, 0.25) is 6.79 Å². The predicted molar refractivity (Wildman–Crippen MR) is 66.6 cm³/mol. The molecule has 0 spiro atoms. The molecule has 8 heteroatoms. The Bertz CT molecular complexity index is 488. The quantitative estimate of drug-likeness (QED) is 0.805. The Morgan fingerprint density at radius 2 is 2.00 bits per heavy atom. The van der Waals surface area contributed by atoms with E-state index in [1.165, 1.54) is 11.0 Å². The minimum Gasteiger partial charge on any atom is -0.455 e. The van der Waals surface area contributed by atoms with Crippen LogP contribution in [0.25, 0.3) is 0 Å². The third-order valence-corrected chi connectivity index (χ3v) is 3.05. The van der Waals surface area contributed by atoms with E-state index in [0.717, 1.165) is 31.5 Å². The number of rotatable bonds is 3. The van der Waals surface area contributed by atoms with Crippen molar-refractivity contribution in [3.63, 3.8) is 0 Å². The summed E-state index contributed by atoms with van der Waals surface area (Å²) in [7, 11) is 0. The van der Waals surface area contributed by atoms with E-state index < -0.39 is 30.5 Å². The van der Waals surface area contributed by atoms with Crippen LogP contribution >= 0.6 is 0 Å². The van der Waals surface area contributed by atoms with E-state index in [1.54, 1.807) is 0 Å². The fourth-order valence-electron chi connectivity index (χ4n) is 2.03. The molecule has 1 aromatic heterocycles. The Morgan fingerprint density at radius 3 is 2.67 bits per heavy atom. The Kier molecular flexibility index (Phi) is 4.87. The number of ether oxygens (including phenoxy) is 2. The molecule has 1 amide bonds. The zero-order chi connectivity index (χ0) is 15.3. The van der Waals surface area contributed by atoms with Crippen LogP contribution < -0.4 is 4.74 Å². The second-order valence-electron chi connectivity index (χ2n) is 4.57. The molecule has 2 rings (SSSR count). The van der Waals surface area contributed by atoms with Crippen LogP contribution in [0, 0.1) is 0 Å². The largest absolute Gasteiger partial charge is 0.455 e. The molecule has 0 radical (unpaired) electrons. The number of hydrogen-bond donors (Lipinski definition) is 0. The predicted octanol–water partition coefficient (Wildman–Crippen LogP) is 3.06. The second kappa shape index (κ2) is 6.64. The molecule has 0 aliphatic carbocycles. The van der Waals surface area contributed by atoms with E-state index in [0.29, 0.717) is 13.1 Å². The van der Waals surface area contributed by atoms with Crippen LogP contribution in [-0.4, -0.2) is 35.9 Å². The van der Waals surface area contributed by atoms with Crippen LogP contribution in [0.1, 0.15) is 25.0 Å². The summed E-state index contributed by atoms with van der Waals surface area (Å²) >= 11 is 0. The van der Waals surface area contributed by atoms with Crippen molar-refractivity contribution in [1.82, 2.24) is 9.88 Å². The van der Waals surface area contributed by atoms with E-state index in [-0.39, 0.29) is 0 Å². The Labute approximate surface area is 119 Å². The van der Waals surface area contributed by atoms with Crippen LogP contribution in [0.3, 0.4) is 0 Å². The van der Waals surface area contributed by atoms with Crippen molar-refractivity contribution < 1.29 is 27.4 Å². The van der Waals surface area contributed by atoms with Crippen molar-refractivity contribution in [3.8, 4) is 5.75 Å². The number of nitrogens with zero attached hydrogens (tertiary/aromatic N) is 2. The number of carbonyl (C=O) groups is 1. The Balaban J connectivity index is 1.87. The maximum atomic E-state index is 12.7. The van der Waals surface area contributed by atoms with Gasteiger partial charge in [-0.05, 0) is 31.4 Å². The molecule has 0 atom stereocenters.